The summed E-state index contributed by atoms with van der Waals surface area (Å²) in [4.78, 5) is 2.11. The largest absolute Gasteiger partial charge is 0.392 e. The van der Waals surface area contributed by atoms with Crippen LogP contribution in [0.3, 0.4) is 0 Å². The smallest absolute Gasteiger partial charge is 0.125 e. The van der Waals surface area contributed by atoms with Crippen molar-refractivity contribution in [2.45, 2.75) is 19.1 Å². The summed E-state index contributed by atoms with van der Waals surface area (Å²) in [7, 11) is 1.99. The molecule has 1 aliphatic heterocycles. The highest BCUT2D eigenvalue weighted by molar-refractivity contribution is 7.99. The van der Waals surface area contributed by atoms with Gasteiger partial charge in [0.25, 0.3) is 0 Å². The molecule has 1 aromatic rings. The molecule has 1 fully saturated rings. The zero-order valence-corrected chi connectivity index (χ0v) is 10.1. The number of hydrogen-bond donors (Lipinski definition) is 1. The highest BCUT2D eigenvalue weighted by Crippen LogP contribution is 2.27. The van der Waals surface area contributed by atoms with E-state index in [2.05, 4.69) is 4.90 Å². The molecule has 88 valence electrons. The van der Waals surface area contributed by atoms with Gasteiger partial charge in [-0.1, -0.05) is 0 Å². The first kappa shape index (κ1) is 11.7. The van der Waals surface area contributed by atoms with Crippen LogP contribution in [0, 0.1) is 5.82 Å². The van der Waals surface area contributed by atoms with E-state index >= 15 is 0 Å². The van der Waals surface area contributed by atoms with E-state index in [0.29, 0.717) is 11.6 Å². The highest BCUT2D eigenvalue weighted by Gasteiger charge is 2.20. The van der Waals surface area contributed by atoms with Crippen LogP contribution >= 0.6 is 11.8 Å². The van der Waals surface area contributed by atoms with Crippen LogP contribution in [0.5, 0.6) is 0 Å². The Morgan fingerprint density at radius 3 is 2.94 bits per heavy atom. The van der Waals surface area contributed by atoms with Crippen molar-refractivity contribution in [3.05, 3.63) is 29.6 Å². The number of rotatable bonds is 3. The topological polar surface area (TPSA) is 23.5 Å². The van der Waals surface area contributed by atoms with Gasteiger partial charge in [0.1, 0.15) is 5.82 Å². The summed E-state index contributed by atoms with van der Waals surface area (Å²) in [5.74, 6) is 2.00. The van der Waals surface area contributed by atoms with Crippen LogP contribution in [-0.4, -0.2) is 29.7 Å². The van der Waals surface area contributed by atoms with Crippen molar-refractivity contribution >= 4 is 17.4 Å². The molecule has 1 unspecified atom stereocenters. The van der Waals surface area contributed by atoms with E-state index in [1.165, 1.54) is 17.9 Å². The quantitative estimate of drug-likeness (QED) is 0.878. The van der Waals surface area contributed by atoms with Crippen molar-refractivity contribution in [3.63, 3.8) is 0 Å². The minimum Gasteiger partial charge on any atom is -0.392 e. The second kappa shape index (κ2) is 5.06. The van der Waals surface area contributed by atoms with E-state index in [-0.39, 0.29) is 12.4 Å². The zero-order valence-electron chi connectivity index (χ0n) is 9.32. The average molecular weight is 241 g/mol. The number of hydrogen-bond acceptors (Lipinski definition) is 3. The van der Waals surface area contributed by atoms with Crippen molar-refractivity contribution in [3.8, 4) is 0 Å². The third-order valence-corrected chi connectivity index (χ3v) is 4.13. The Morgan fingerprint density at radius 2 is 2.31 bits per heavy atom. The fourth-order valence-corrected chi connectivity index (χ4v) is 3.23. The molecule has 0 amide bonds. The zero-order chi connectivity index (χ0) is 11.5. The Labute approximate surface area is 99.5 Å². The number of benzene rings is 1. The summed E-state index contributed by atoms with van der Waals surface area (Å²) >= 11 is 1.93. The molecule has 0 saturated carbocycles. The Bertz CT molecular complexity index is 366. The van der Waals surface area contributed by atoms with E-state index in [1.807, 2.05) is 24.9 Å². The highest BCUT2D eigenvalue weighted by atomic mass is 32.2. The third kappa shape index (κ3) is 2.50. The van der Waals surface area contributed by atoms with Crippen molar-refractivity contribution < 1.29 is 9.50 Å². The molecule has 4 heteroatoms. The molecule has 1 aliphatic rings. The normalized spacial score (nSPS) is 20.1. The van der Waals surface area contributed by atoms with Crippen LogP contribution in [0.1, 0.15) is 12.0 Å². The first-order valence-corrected chi connectivity index (χ1v) is 6.57. The first-order chi connectivity index (χ1) is 7.70. The number of anilines is 1. The lowest BCUT2D eigenvalue weighted by atomic mass is 10.1. The molecule has 0 aromatic heterocycles. The maximum absolute atomic E-state index is 13.3. The van der Waals surface area contributed by atoms with E-state index in [4.69, 9.17) is 5.11 Å². The van der Waals surface area contributed by atoms with Crippen molar-refractivity contribution in [1.82, 2.24) is 0 Å². The maximum Gasteiger partial charge on any atom is 0.125 e. The molecule has 1 saturated heterocycles. The predicted octanol–water partition coefficient (Wildman–Crippen LogP) is 2.26. The Kier molecular flexibility index (Phi) is 3.71. The van der Waals surface area contributed by atoms with E-state index in [9.17, 15) is 4.39 Å². The number of thioether (sulfide) groups is 1. The summed E-state index contributed by atoms with van der Waals surface area (Å²) in [6.45, 7) is -0.113. The van der Waals surface area contributed by atoms with E-state index in [0.717, 1.165) is 17.9 Å². The van der Waals surface area contributed by atoms with Gasteiger partial charge in [0.2, 0.25) is 0 Å². The second-order valence-corrected chi connectivity index (χ2v) is 5.25. The van der Waals surface area contributed by atoms with Gasteiger partial charge >= 0.3 is 0 Å². The van der Waals surface area contributed by atoms with Gasteiger partial charge in [0.15, 0.2) is 0 Å². The minimum atomic E-state index is -0.279. The summed E-state index contributed by atoms with van der Waals surface area (Å²) in [6, 6.07) is 5.24. The molecule has 1 N–H and O–H groups in total. The molecule has 0 radical (unpaired) electrons. The van der Waals surface area contributed by atoms with Gasteiger partial charge in [-0.15, -0.1) is 0 Å². The van der Waals surface area contributed by atoms with Gasteiger partial charge in [0, 0.05) is 24.5 Å². The van der Waals surface area contributed by atoms with Crippen LogP contribution in [-0.2, 0) is 6.61 Å². The van der Waals surface area contributed by atoms with Crippen LogP contribution in [0.15, 0.2) is 18.2 Å². The number of nitrogens with zero attached hydrogens (tertiary/aromatic N) is 1. The van der Waals surface area contributed by atoms with Gasteiger partial charge in [0.05, 0.1) is 6.61 Å². The lowest BCUT2D eigenvalue weighted by molar-refractivity contribution is 0.281. The molecule has 1 heterocycles. The molecular weight excluding hydrogens is 225 g/mol. The number of halogens is 1. The molecular formula is C12H16FNOS. The number of aliphatic hydroxyl groups is 1. The van der Waals surface area contributed by atoms with Gasteiger partial charge in [-0.2, -0.15) is 11.8 Å². The fraction of sp³-hybridized carbons (Fsp3) is 0.500. The summed E-state index contributed by atoms with van der Waals surface area (Å²) in [5, 5.41) is 9.04. The van der Waals surface area contributed by atoms with Crippen LogP contribution in [0.25, 0.3) is 0 Å². The average Bonchev–Trinajstić information content (AvgIpc) is 2.80. The molecule has 0 bridgehead atoms. The minimum absolute atomic E-state index is 0.113. The lowest BCUT2D eigenvalue weighted by Gasteiger charge is -2.26. The van der Waals surface area contributed by atoms with Crippen LogP contribution < -0.4 is 4.90 Å². The monoisotopic (exact) mass is 241 g/mol. The van der Waals surface area contributed by atoms with Gasteiger partial charge < -0.3 is 10.0 Å². The van der Waals surface area contributed by atoms with E-state index < -0.39 is 0 Å². The summed E-state index contributed by atoms with van der Waals surface area (Å²) < 4.78 is 13.3. The lowest BCUT2D eigenvalue weighted by Crippen LogP contribution is -2.31. The van der Waals surface area contributed by atoms with Gasteiger partial charge in [-0.3, -0.25) is 0 Å². The standard InChI is InChI=1S/C12H16FNOS/c1-14(11-2-3-16-8-11)12-5-9(7-15)4-10(13)6-12/h4-6,11,15H,2-3,7-8H2,1H3. The molecule has 2 nitrogen and oxygen atoms in total. The van der Waals surface area contributed by atoms with Crippen molar-refractivity contribution in [2.24, 2.45) is 0 Å². The summed E-state index contributed by atoms with van der Waals surface area (Å²) in [6.07, 6.45) is 1.14. The van der Waals surface area contributed by atoms with E-state index in [1.54, 1.807) is 0 Å². The predicted molar refractivity (Wildman–Crippen MR) is 66.5 cm³/mol. The second-order valence-electron chi connectivity index (χ2n) is 4.10. The van der Waals surface area contributed by atoms with Crippen LogP contribution in [0.4, 0.5) is 10.1 Å². The Hall–Kier alpha value is -0.740. The maximum atomic E-state index is 13.3. The fourth-order valence-electron chi connectivity index (χ4n) is 1.97. The molecule has 16 heavy (non-hydrogen) atoms. The van der Waals surface area contributed by atoms with Gasteiger partial charge in [-0.25, -0.2) is 4.39 Å². The summed E-state index contributed by atoms with van der Waals surface area (Å²) in [5.41, 5.74) is 1.49. The van der Waals surface area contributed by atoms with Crippen LogP contribution in [0.2, 0.25) is 0 Å². The Morgan fingerprint density at radius 1 is 1.50 bits per heavy atom. The van der Waals surface area contributed by atoms with Crippen molar-refractivity contribution in [1.29, 1.82) is 0 Å². The molecule has 2 rings (SSSR count). The number of aliphatic hydroxyl groups excluding tert-OH is 1. The first-order valence-electron chi connectivity index (χ1n) is 5.41. The molecule has 0 aliphatic carbocycles. The third-order valence-electron chi connectivity index (χ3n) is 2.99. The molecule has 1 atom stereocenters. The molecule has 0 spiro atoms. The van der Waals surface area contributed by atoms with Gasteiger partial charge in [-0.05, 0) is 35.9 Å². The molecule has 1 aromatic carbocycles. The van der Waals surface area contributed by atoms with Crippen molar-refractivity contribution in [2.75, 3.05) is 23.5 Å². The Balaban J connectivity index is 2.21. The SMILES string of the molecule is CN(c1cc(F)cc(CO)c1)C1CCSC1.